The Morgan fingerprint density at radius 3 is 1.88 bits per heavy atom. The fourth-order valence-corrected chi connectivity index (χ4v) is 2.44. The predicted octanol–water partition coefficient (Wildman–Crippen LogP) is 3.72. The van der Waals surface area contributed by atoms with E-state index in [2.05, 4.69) is 10.6 Å². The largest absolute Gasteiger partial charge is 0.329 e. The molecule has 5 heteroatoms. The van der Waals surface area contributed by atoms with Crippen molar-refractivity contribution in [1.29, 1.82) is 0 Å². The highest BCUT2D eigenvalue weighted by Gasteiger charge is 2.09. The van der Waals surface area contributed by atoms with Gasteiger partial charge in [0.1, 0.15) is 0 Å². The lowest BCUT2D eigenvalue weighted by Crippen LogP contribution is -2.34. The van der Waals surface area contributed by atoms with Crippen LogP contribution in [0.15, 0.2) is 48.5 Å². The molecular weight excluding hydrogens is 302 g/mol. The first-order valence-corrected chi connectivity index (χ1v) is 8.10. The van der Waals surface area contributed by atoms with E-state index in [1.807, 2.05) is 62.4 Å². The molecule has 0 atom stereocenters. The smallest absolute Gasteiger partial charge is 0.321 e. The number of anilines is 2. The summed E-state index contributed by atoms with van der Waals surface area (Å²) in [5.74, 6) is 0. The monoisotopic (exact) mass is 325 g/mol. The summed E-state index contributed by atoms with van der Waals surface area (Å²) in [4.78, 5) is 24.2. The van der Waals surface area contributed by atoms with Gasteiger partial charge in [-0.3, -0.25) is 4.79 Å². The molecular formula is C19H23N3O2. The second-order valence-corrected chi connectivity index (χ2v) is 5.44. The maximum atomic E-state index is 12.0. The van der Waals surface area contributed by atoms with Crippen LogP contribution in [0.3, 0.4) is 0 Å². The fraction of sp³-hybridized carbons (Fsp3) is 0.263. The summed E-state index contributed by atoms with van der Waals surface area (Å²) >= 11 is 0. The highest BCUT2D eigenvalue weighted by molar-refractivity contribution is 5.89. The molecule has 0 aliphatic carbocycles. The minimum Gasteiger partial charge on any atom is -0.329 e. The van der Waals surface area contributed by atoms with Crippen molar-refractivity contribution >= 4 is 23.8 Å². The predicted molar refractivity (Wildman–Crippen MR) is 97.3 cm³/mol. The molecule has 0 spiro atoms. The van der Waals surface area contributed by atoms with Crippen LogP contribution in [0.1, 0.15) is 25.0 Å². The molecule has 0 unspecified atom stereocenters. The molecule has 0 aliphatic rings. The van der Waals surface area contributed by atoms with Crippen LogP contribution in [0.4, 0.5) is 16.2 Å². The Morgan fingerprint density at radius 1 is 0.917 bits per heavy atom. The van der Waals surface area contributed by atoms with E-state index in [9.17, 15) is 9.59 Å². The Kier molecular flexibility index (Phi) is 6.37. The van der Waals surface area contributed by atoms with Crippen LogP contribution < -0.4 is 10.6 Å². The average Bonchev–Trinajstić information content (AvgIpc) is 2.60. The summed E-state index contributed by atoms with van der Waals surface area (Å²) in [6.07, 6.45) is 1.46. The van der Waals surface area contributed by atoms with Crippen LogP contribution in [0, 0.1) is 0 Å². The van der Waals surface area contributed by atoms with E-state index in [-0.39, 0.29) is 6.03 Å². The zero-order valence-electron chi connectivity index (χ0n) is 14.1. The van der Waals surface area contributed by atoms with E-state index in [1.54, 1.807) is 4.90 Å². The molecule has 0 aliphatic heterocycles. The third-order valence-corrected chi connectivity index (χ3v) is 3.84. The van der Waals surface area contributed by atoms with Crippen LogP contribution in [-0.2, 0) is 11.2 Å². The molecule has 126 valence electrons. The highest BCUT2D eigenvalue weighted by atomic mass is 16.2. The van der Waals surface area contributed by atoms with Gasteiger partial charge in [-0.15, -0.1) is 0 Å². The third kappa shape index (κ3) is 4.84. The van der Waals surface area contributed by atoms with Gasteiger partial charge in [-0.05, 0) is 55.7 Å². The van der Waals surface area contributed by atoms with E-state index >= 15 is 0 Å². The second kappa shape index (κ2) is 8.72. The molecule has 2 aromatic carbocycles. The van der Waals surface area contributed by atoms with Crippen LogP contribution in [0.5, 0.6) is 0 Å². The molecule has 2 N–H and O–H groups in total. The van der Waals surface area contributed by atoms with Crippen molar-refractivity contribution in [2.45, 2.75) is 20.3 Å². The van der Waals surface area contributed by atoms with Gasteiger partial charge in [-0.25, -0.2) is 4.79 Å². The first-order valence-electron chi connectivity index (χ1n) is 8.10. The Labute approximate surface area is 142 Å². The number of amides is 3. The quantitative estimate of drug-likeness (QED) is 0.762. The number of hydrogen-bond donors (Lipinski definition) is 2. The van der Waals surface area contributed by atoms with Gasteiger partial charge in [0.2, 0.25) is 6.41 Å². The van der Waals surface area contributed by atoms with Crippen LogP contribution in [0.2, 0.25) is 0 Å². The van der Waals surface area contributed by atoms with Crippen molar-refractivity contribution in [2.24, 2.45) is 0 Å². The van der Waals surface area contributed by atoms with Gasteiger partial charge in [0.25, 0.3) is 0 Å². The average molecular weight is 325 g/mol. The van der Waals surface area contributed by atoms with Crippen molar-refractivity contribution in [1.82, 2.24) is 4.90 Å². The molecule has 3 amide bonds. The normalized spacial score (nSPS) is 10.1. The van der Waals surface area contributed by atoms with Gasteiger partial charge in [-0.1, -0.05) is 24.3 Å². The van der Waals surface area contributed by atoms with E-state index in [1.165, 1.54) is 0 Å². The molecule has 24 heavy (non-hydrogen) atoms. The van der Waals surface area contributed by atoms with Gasteiger partial charge < -0.3 is 15.5 Å². The molecule has 0 fully saturated rings. The van der Waals surface area contributed by atoms with Gasteiger partial charge in [0, 0.05) is 24.5 Å². The van der Waals surface area contributed by atoms with Crippen LogP contribution >= 0.6 is 0 Å². The first kappa shape index (κ1) is 17.5. The Hall–Kier alpha value is -2.82. The molecule has 0 bridgehead atoms. The third-order valence-electron chi connectivity index (χ3n) is 3.84. The Balaban J connectivity index is 1.96. The van der Waals surface area contributed by atoms with Crippen molar-refractivity contribution in [3.63, 3.8) is 0 Å². The number of benzene rings is 2. The summed E-state index contributed by atoms with van der Waals surface area (Å²) < 4.78 is 0. The SMILES string of the molecule is CCN(CC)C(=O)Nc1ccc(Cc2ccc(NC=O)cc2)cc1. The minimum absolute atomic E-state index is 0.0778. The number of carbonyl (C=O) groups is 2. The van der Waals surface area contributed by atoms with E-state index < -0.39 is 0 Å². The Morgan fingerprint density at radius 2 is 1.42 bits per heavy atom. The maximum absolute atomic E-state index is 12.0. The lowest BCUT2D eigenvalue weighted by Gasteiger charge is -2.19. The van der Waals surface area contributed by atoms with E-state index in [0.717, 1.165) is 28.9 Å². The maximum Gasteiger partial charge on any atom is 0.321 e. The zero-order valence-corrected chi connectivity index (χ0v) is 14.1. The molecule has 0 radical (unpaired) electrons. The van der Waals surface area contributed by atoms with Crippen LogP contribution in [-0.4, -0.2) is 30.4 Å². The number of nitrogens with one attached hydrogen (secondary N) is 2. The molecule has 2 rings (SSSR count). The molecule has 0 saturated carbocycles. The fourth-order valence-electron chi connectivity index (χ4n) is 2.44. The lowest BCUT2D eigenvalue weighted by atomic mass is 10.0. The van der Waals surface area contributed by atoms with Crippen molar-refractivity contribution in [3.8, 4) is 0 Å². The summed E-state index contributed by atoms with van der Waals surface area (Å²) in [6.45, 7) is 5.30. The van der Waals surface area contributed by atoms with Crippen molar-refractivity contribution in [3.05, 3.63) is 59.7 Å². The summed E-state index contributed by atoms with van der Waals surface area (Å²) in [6, 6.07) is 15.5. The topological polar surface area (TPSA) is 61.4 Å². The zero-order chi connectivity index (χ0) is 17.4. The van der Waals surface area contributed by atoms with Gasteiger partial charge >= 0.3 is 6.03 Å². The molecule has 5 nitrogen and oxygen atoms in total. The van der Waals surface area contributed by atoms with Crippen LogP contribution in [0.25, 0.3) is 0 Å². The molecule has 2 aromatic rings. The number of carbonyl (C=O) groups excluding carboxylic acids is 2. The highest BCUT2D eigenvalue weighted by Crippen LogP contribution is 2.16. The number of rotatable bonds is 7. The molecule has 0 aromatic heterocycles. The molecule has 0 saturated heterocycles. The van der Waals surface area contributed by atoms with Gasteiger partial charge in [-0.2, -0.15) is 0 Å². The summed E-state index contributed by atoms with van der Waals surface area (Å²) in [5, 5.41) is 5.52. The van der Waals surface area contributed by atoms with Crippen molar-refractivity contribution in [2.75, 3.05) is 23.7 Å². The van der Waals surface area contributed by atoms with Gasteiger partial charge in [0.15, 0.2) is 0 Å². The van der Waals surface area contributed by atoms with E-state index in [4.69, 9.17) is 0 Å². The number of nitrogens with zero attached hydrogens (tertiary/aromatic N) is 1. The standard InChI is InChI=1S/C19H23N3O2/c1-3-22(4-2)19(24)21-18-11-7-16(8-12-18)13-15-5-9-17(10-6-15)20-14-23/h5-12,14H,3-4,13H2,1-2H3,(H,20,23)(H,21,24). The summed E-state index contributed by atoms with van der Waals surface area (Å²) in [7, 11) is 0. The van der Waals surface area contributed by atoms with E-state index in [0.29, 0.717) is 19.5 Å². The number of urea groups is 1. The van der Waals surface area contributed by atoms with Crippen molar-refractivity contribution < 1.29 is 9.59 Å². The lowest BCUT2D eigenvalue weighted by molar-refractivity contribution is -0.105. The summed E-state index contributed by atoms with van der Waals surface area (Å²) in [5.41, 5.74) is 3.89. The number of hydrogen-bond acceptors (Lipinski definition) is 2. The van der Waals surface area contributed by atoms with Gasteiger partial charge in [0.05, 0.1) is 0 Å². The Bertz CT molecular complexity index is 662. The second-order valence-electron chi connectivity index (χ2n) is 5.44. The molecule has 0 heterocycles. The first-order chi connectivity index (χ1) is 11.7. The minimum atomic E-state index is -0.0778.